The molecular weight excluding hydrogens is 518 g/mol. The second-order valence-corrected chi connectivity index (χ2v) is 11.7. The molecule has 3 aliphatic heterocycles. The Morgan fingerprint density at radius 1 is 1.15 bits per heavy atom. The molecule has 41 heavy (non-hydrogen) atoms. The van der Waals surface area contributed by atoms with E-state index >= 15 is 0 Å². The van der Waals surface area contributed by atoms with Gasteiger partial charge in [0.2, 0.25) is 11.8 Å². The number of fused-ring (bicyclic) bond motifs is 2. The van der Waals surface area contributed by atoms with Gasteiger partial charge in [-0.25, -0.2) is 0 Å². The third kappa shape index (κ3) is 4.57. The number of hydrogen-bond donors (Lipinski definition) is 1. The van der Waals surface area contributed by atoms with Gasteiger partial charge in [0.1, 0.15) is 11.6 Å². The molecule has 0 saturated carbocycles. The molecular formula is C33H41N3O5. The minimum absolute atomic E-state index is 0.0715. The number of likely N-dealkylation sites (tertiary alicyclic amines) is 1. The number of aliphatic hydroxyl groups excluding tert-OH is 1. The monoisotopic (exact) mass is 559 g/mol. The van der Waals surface area contributed by atoms with Crippen molar-refractivity contribution in [1.29, 1.82) is 0 Å². The molecule has 1 spiro atoms. The van der Waals surface area contributed by atoms with Crippen LogP contribution in [0.2, 0.25) is 0 Å². The molecule has 0 radical (unpaired) electrons. The third-order valence-electron chi connectivity index (χ3n) is 9.50. The van der Waals surface area contributed by atoms with E-state index in [4.69, 9.17) is 4.74 Å². The summed E-state index contributed by atoms with van der Waals surface area (Å²) in [6, 6.07) is 12.2. The highest BCUT2D eigenvalue weighted by atomic mass is 16.5. The van der Waals surface area contributed by atoms with Crippen molar-refractivity contribution in [2.45, 2.75) is 56.9 Å². The van der Waals surface area contributed by atoms with Gasteiger partial charge in [-0.05, 0) is 41.7 Å². The number of likely N-dealkylation sites (N-methyl/N-ethyl adjacent to an activating group) is 1. The number of hydrogen-bond acceptors (Lipinski definition) is 5. The van der Waals surface area contributed by atoms with Gasteiger partial charge in [0.15, 0.2) is 0 Å². The number of amides is 3. The van der Waals surface area contributed by atoms with Crippen molar-refractivity contribution in [1.82, 2.24) is 9.80 Å². The number of anilines is 1. The molecule has 0 aromatic heterocycles. The zero-order valence-corrected chi connectivity index (χ0v) is 24.2. The normalized spacial score (nSPS) is 27.9. The van der Waals surface area contributed by atoms with Gasteiger partial charge in [0.05, 0.1) is 30.6 Å². The average molecular weight is 560 g/mol. The largest absolute Gasteiger partial charge is 0.394 e. The van der Waals surface area contributed by atoms with Crippen molar-refractivity contribution in [3.8, 4) is 0 Å². The first-order valence-electron chi connectivity index (χ1n) is 14.6. The maximum Gasteiger partial charge on any atom is 0.253 e. The molecule has 8 nitrogen and oxygen atoms in total. The minimum Gasteiger partial charge on any atom is -0.394 e. The summed E-state index contributed by atoms with van der Waals surface area (Å²) in [6.07, 6.45) is 4.68. The van der Waals surface area contributed by atoms with Gasteiger partial charge in [-0.2, -0.15) is 0 Å². The average Bonchev–Trinajstić information content (AvgIpc) is 3.63. The van der Waals surface area contributed by atoms with Gasteiger partial charge in [-0.15, -0.1) is 13.2 Å². The molecule has 2 aromatic carbocycles. The maximum atomic E-state index is 14.8. The fraction of sp³-hybridized carbons (Fsp3) is 0.485. The molecule has 3 saturated heterocycles. The van der Waals surface area contributed by atoms with Crippen LogP contribution in [-0.2, 0) is 19.1 Å². The highest BCUT2D eigenvalue weighted by molar-refractivity contribution is 6.06. The van der Waals surface area contributed by atoms with E-state index in [0.717, 1.165) is 10.8 Å². The number of rotatable bonds is 11. The summed E-state index contributed by atoms with van der Waals surface area (Å²) < 4.78 is 6.63. The quantitative estimate of drug-likeness (QED) is 0.423. The van der Waals surface area contributed by atoms with Gasteiger partial charge >= 0.3 is 0 Å². The van der Waals surface area contributed by atoms with Crippen molar-refractivity contribution in [2.24, 2.45) is 17.8 Å². The summed E-state index contributed by atoms with van der Waals surface area (Å²) in [6.45, 7) is 11.9. The molecule has 3 amide bonds. The first-order chi connectivity index (χ1) is 19.7. The number of aliphatic hydroxyl groups is 1. The van der Waals surface area contributed by atoms with Crippen molar-refractivity contribution in [3.63, 3.8) is 0 Å². The standard InChI is InChI=1S/C33H41N3O5/c1-6-17-34(5)30(38)27-26-15-16-33(41-26)28(27)31(39)36(25(20-37)21(4)8-3)29(33)32(40)35(18-7-2)24-14-13-22-11-9-10-12-23(22)19-24/h6-7,9-14,19,21,25-29,37H,1-2,8,15-18,20H2,3-5H3/t21-,25-,26+,27-,28-,29?,33?/m0/s1. The molecule has 3 aliphatic rings. The first-order valence-corrected chi connectivity index (χ1v) is 14.6. The van der Waals surface area contributed by atoms with E-state index < -0.39 is 35.6 Å². The van der Waals surface area contributed by atoms with Crippen LogP contribution in [0.25, 0.3) is 10.8 Å². The SMILES string of the molecule is C=CCN(C)C(=O)[C@@H]1[C@H]2C(=O)N([C@@H](CO)[C@@H](C)CC)C(C(=O)N(CC=C)c3ccc4ccccc4c3)C23CC[C@H]1O3. The first kappa shape index (κ1) is 29.0. The second-order valence-electron chi connectivity index (χ2n) is 11.7. The minimum atomic E-state index is -1.15. The van der Waals surface area contributed by atoms with Crippen LogP contribution in [0.5, 0.6) is 0 Å². The van der Waals surface area contributed by atoms with Crippen LogP contribution in [-0.4, -0.2) is 83.2 Å². The van der Waals surface area contributed by atoms with E-state index in [-0.39, 0.29) is 36.8 Å². The summed E-state index contributed by atoms with van der Waals surface area (Å²) in [5, 5.41) is 12.6. The van der Waals surface area contributed by atoms with Gasteiger partial charge < -0.3 is 24.5 Å². The Balaban J connectivity index is 1.62. The van der Waals surface area contributed by atoms with Crippen LogP contribution in [0.15, 0.2) is 67.8 Å². The number of ether oxygens (including phenoxy) is 1. The van der Waals surface area contributed by atoms with Crippen molar-refractivity contribution in [2.75, 3.05) is 31.6 Å². The van der Waals surface area contributed by atoms with E-state index in [9.17, 15) is 19.5 Å². The Labute approximate surface area is 242 Å². The van der Waals surface area contributed by atoms with Crippen molar-refractivity contribution < 1.29 is 24.2 Å². The summed E-state index contributed by atoms with van der Waals surface area (Å²) in [5.74, 6) is -2.30. The summed E-state index contributed by atoms with van der Waals surface area (Å²) >= 11 is 0. The van der Waals surface area contributed by atoms with Crippen molar-refractivity contribution >= 4 is 34.2 Å². The van der Waals surface area contributed by atoms with E-state index in [2.05, 4.69) is 13.2 Å². The highest BCUT2D eigenvalue weighted by Crippen LogP contribution is 2.59. The lowest BCUT2D eigenvalue weighted by Crippen LogP contribution is -2.60. The zero-order chi connectivity index (χ0) is 29.5. The van der Waals surface area contributed by atoms with E-state index in [1.54, 1.807) is 33.9 Å². The molecule has 7 atom stereocenters. The molecule has 2 unspecified atom stereocenters. The summed E-state index contributed by atoms with van der Waals surface area (Å²) in [7, 11) is 1.70. The zero-order valence-electron chi connectivity index (χ0n) is 24.2. The lowest BCUT2D eigenvalue weighted by molar-refractivity contribution is -0.148. The lowest BCUT2D eigenvalue weighted by atomic mass is 9.70. The summed E-state index contributed by atoms with van der Waals surface area (Å²) in [4.78, 5) is 47.7. The second kappa shape index (κ2) is 11.4. The van der Waals surface area contributed by atoms with Crippen LogP contribution >= 0.6 is 0 Å². The molecule has 1 N–H and O–H groups in total. The number of nitrogens with zero attached hydrogens (tertiary/aromatic N) is 3. The van der Waals surface area contributed by atoms with Crippen LogP contribution in [0.4, 0.5) is 5.69 Å². The Bertz CT molecular complexity index is 1360. The van der Waals surface area contributed by atoms with E-state index in [1.165, 1.54) is 0 Å². The highest BCUT2D eigenvalue weighted by Gasteiger charge is 2.75. The van der Waals surface area contributed by atoms with Crippen molar-refractivity contribution in [3.05, 3.63) is 67.8 Å². The third-order valence-corrected chi connectivity index (χ3v) is 9.50. The number of carbonyl (C=O) groups excluding carboxylic acids is 3. The molecule has 3 fully saturated rings. The fourth-order valence-electron chi connectivity index (χ4n) is 7.31. The molecule has 2 aromatic rings. The van der Waals surface area contributed by atoms with Gasteiger partial charge in [-0.1, -0.05) is 62.8 Å². The molecule has 218 valence electrons. The maximum absolute atomic E-state index is 14.8. The van der Waals surface area contributed by atoms with Crippen LogP contribution in [0, 0.1) is 17.8 Å². The Morgan fingerprint density at radius 2 is 1.85 bits per heavy atom. The Morgan fingerprint density at radius 3 is 2.51 bits per heavy atom. The molecule has 2 bridgehead atoms. The van der Waals surface area contributed by atoms with E-state index in [1.807, 2.05) is 56.3 Å². The van der Waals surface area contributed by atoms with Gasteiger partial charge in [-0.3, -0.25) is 14.4 Å². The van der Waals surface area contributed by atoms with E-state index in [0.29, 0.717) is 31.5 Å². The molecule has 3 heterocycles. The van der Waals surface area contributed by atoms with Gasteiger partial charge in [0.25, 0.3) is 5.91 Å². The smallest absolute Gasteiger partial charge is 0.253 e. The van der Waals surface area contributed by atoms with Crippen LogP contribution in [0.3, 0.4) is 0 Å². The number of benzene rings is 2. The fourth-order valence-corrected chi connectivity index (χ4v) is 7.31. The lowest BCUT2D eigenvalue weighted by Gasteiger charge is -2.41. The summed E-state index contributed by atoms with van der Waals surface area (Å²) in [5.41, 5.74) is -0.457. The topological polar surface area (TPSA) is 90.4 Å². The van der Waals surface area contributed by atoms with Crippen LogP contribution < -0.4 is 4.90 Å². The molecule has 5 rings (SSSR count). The predicted molar refractivity (Wildman–Crippen MR) is 159 cm³/mol. The Kier molecular flexibility index (Phi) is 8.08. The van der Waals surface area contributed by atoms with Crippen LogP contribution in [0.1, 0.15) is 33.1 Å². The molecule has 0 aliphatic carbocycles. The molecule has 8 heteroatoms. The Hall–Kier alpha value is -3.49. The number of carbonyl (C=O) groups is 3. The van der Waals surface area contributed by atoms with Gasteiger partial charge in [0, 0.05) is 25.8 Å². The predicted octanol–water partition coefficient (Wildman–Crippen LogP) is 3.78.